The molecule has 0 radical (unpaired) electrons. The van der Waals surface area contributed by atoms with Crippen molar-refractivity contribution in [1.82, 2.24) is 0 Å². The van der Waals surface area contributed by atoms with Crippen LogP contribution in [0.25, 0.3) is 0 Å². The third-order valence-electron chi connectivity index (χ3n) is 5.94. The Hall–Kier alpha value is -0.630. The number of carbonyl (C=O) groups excluding carboxylic acids is 1. The summed E-state index contributed by atoms with van der Waals surface area (Å²) in [5.41, 5.74) is 1.21. The van der Waals surface area contributed by atoms with Gasteiger partial charge in [0.05, 0.1) is 0 Å². The van der Waals surface area contributed by atoms with Crippen molar-refractivity contribution >= 4 is 21.7 Å². The first-order chi connectivity index (χ1) is 9.64. The van der Waals surface area contributed by atoms with E-state index < -0.39 is 0 Å². The molecule has 0 aliphatic heterocycles. The molecule has 1 aromatic carbocycles. The lowest BCUT2D eigenvalue weighted by atomic mass is 9.48. The second kappa shape index (κ2) is 4.69. The second-order valence-corrected chi connectivity index (χ2v) is 8.24. The summed E-state index contributed by atoms with van der Waals surface area (Å²) >= 11 is 3.58. The second-order valence-electron chi connectivity index (χ2n) is 7.39. The molecular weight excluding hydrogens is 312 g/mol. The topological polar surface area (TPSA) is 17.1 Å². The van der Waals surface area contributed by atoms with Crippen molar-refractivity contribution in [2.24, 2.45) is 23.2 Å². The van der Waals surface area contributed by atoms with Crippen molar-refractivity contribution in [2.75, 3.05) is 0 Å². The van der Waals surface area contributed by atoms with Gasteiger partial charge in [0, 0.05) is 16.3 Å². The molecule has 4 bridgehead atoms. The normalized spacial score (nSPS) is 38.1. The van der Waals surface area contributed by atoms with Crippen LogP contribution in [0, 0.1) is 23.2 Å². The first kappa shape index (κ1) is 13.1. The average molecular weight is 333 g/mol. The van der Waals surface area contributed by atoms with E-state index in [-0.39, 0.29) is 5.41 Å². The van der Waals surface area contributed by atoms with Gasteiger partial charge in [-0.1, -0.05) is 34.1 Å². The van der Waals surface area contributed by atoms with Crippen LogP contribution in [0.3, 0.4) is 0 Å². The van der Waals surface area contributed by atoms with Gasteiger partial charge in [0.1, 0.15) is 5.78 Å². The largest absolute Gasteiger partial charge is 0.299 e. The van der Waals surface area contributed by atoms with Crippen molar-refractivity contribution in [3.63, 3.8) is 0 Å². The summed E-state index contributed by atoms with van der Waals surface area (Å²) in [5, 5.41) is 0. The van der Waals surface area contributed by atoms with Crippen LogP contribution >= 0.6 is 15.9 Å². The van der Waals surface area contributed by atoms with Crippen molar-refractivity contribution in [3.8, 4) is 0 Å². The molecule has 0 amide bonds. The first-order valence-electron chi connectivity index (χ1n) is 7.91. The van der Waals surface area contributed by atoms with E-state index in [0.717, 1.165) is 27.8 Å². The van der Waals surface area contributed by atoms with Crippen LogP contribution in [0.15, 0.2) is 28.7 Å². The fraction of sp³-hybridized carbons (Fsp3) is 0.611. The molecule has 0 spiro atoms. The molecule has 20 heavy (non-hydrogen) atoms. The SMILES string of the molecule is O=C(Cc1ccccc1Br)C12CC3CC(CC(C3)C1)C2. The monoisotopic (exact) mass is 332 g/mol. The number of halogens is 1. The highest BCUT2D eigenvalue weighted by atomic mass is 79.9. The van der Waals surface area contributed by atoms with E-state index in [1.165, 1.54) is 38.5 Å². The highest BCUT2D eigenvalue weighted by Gasteiger charge is 2.53. The van der Waals surface area contributed by atoms with Gasteiger partial charge in [0.15, 0.2) is 0 Å². The van der Waals surface area contributed by atoms with E-state index in [9.17, 15) is 4.79 Å². The van der Waals surface area contributed by atoms with Gasteiger partial charge < -0.3 is 0 Å². The lowest BCUT2D eigenvalue weighted by Gasteiger charge is -2.56. The fourth-order valence-electron chi connectivity index (χ4n) is 5.45. The number of hydrogen-bond donors (Lipinski definition) is 0. The summed E-state index contributed by atoms with van der Waals surface area (Å²) in [4.78, 5) is 13.0. The highest BCUT2D eigenvalue weighted by molar-refractivity contribution is 9.10. The Morgan fingerprint density at radius 3 is 2.15 bits per heavy atom. The van der Waals surface area contributed by atoms with Gasteiger partial charge in [-0.15, -0.1) is 0 Å². The van der Waals surface area contributed by atoms with Crippen LogP contribution in [0.4, 0.5) is 0 Å². The van der Waals surface area contributed by atoms with Gasteiger partial charge in [0.25, 0.3) is 0 Å². The van der Waals surface area contributed by atoms with Crippen LogP contribution in [-0.4, -0.2) is 5.78 Å². The molecule has 0 heterocycles. The Labute approximate surface area is 129 Å². The van der Waals surface area contributed by atoms with Gasteiger partial charge in [-0.25, -0.2) is 0 Å². The van der Waals surface area contributed by atoms with Crippen molar-refractivity contribution < 1.29 is 4.79 Å². The minimum absolute atomic E-state index is 0.0457. The molecule has 4 aliphatic rings. The van der Waals surface area contributed by atoms with Crippen molar-refractivity contribution in [1.29, 1.82) is 0 Å². The Bertz CT molecular complexity index is 513. The highest BCUT2D eigenvalue weighted by Crippen LogP contribution is 2.60. The summed E-state index contributed by atoms with van der Waals surface area (Å²) in [7, 11) is 0. The molecule has 106 valence electrons. The Morgan fingerprint density at radius 2 is 1.60 bits per heavy atom. The van der Waals surface area contributed by atoms with Crippen LogP contribution in [0.5, 0.6) is 0 Å². The van der Waals surface area contributed by atoms with Crippen molar-refractivity contribution in [2.45, 2.75) is 44.9 Å². The smallest absolute Gasteiger partial charge is 0.143 e. The van der Waals surface area contributed by atoms with Crippen LogP contribution in [0.2, 0.25) is 0 Å². The van der Waals surface area contributed by atoms with E-state index in [1.807, 2.05) is 18.2 Å². The van der Waals surface area contributed by atoms with E-state index in [2.05, 4.69) is 22.0 Å². The maximum Gasteiger partial charge on any atom is 0.143 e. The third kappa shape index (κ3) is 2.07. The zero-order valence-electron chi connectivity index (χ0n) is 11.8. The average Bonchev–Trinajstić information content (AvgIpc) is 2.40. The van der Waals surface area contributed by atoms with E-state index >= 15 is 0 Å². The van der Waals surface area contributed by atoms with Gasteiger partial charge in [0.2, 0.25) is 0 Å². The van der Waals surface area contributed by atoms with E-state index in [4.69, 9.17) is 0 Å². The molecule has 5 rings (SSSR count). The number of benzene rings is 1. The molecule has 2 heteroatoms. The fourth-order valence-corrected chi connectivity index (χ4v) is 5.88. The zero-order valence-corrected chi connectivity index (χ0v) is 13.4. The third-order valence-corrected chi connectivity index (χ3v) is 6.71. The van der Waals surface area contributed by atoms with Crippen LogP contribution in [0.1, 0.15) is 44.1 Å². The summed E-state index contributed by atoms with van der Waals surface area (Å²) in [6, 6.07) is 8.18. The number of hydrogen-bond acceptors (Lipinski definition) is 1. The Morgan fingerprint density at radius 1 is 1.05 bits per heavy atom. The van der Waals surface area contributed by atoms with Crippen LogP contribution < -0.4 is 0 Å². The first-order valence-corrected chi connectivity index (χ1v) is 8.71. The van der Waals surface area contributed by atoms with Crippen LogP contribution in [-0.2, 0) is 11.2 Å². The van der Waals surface area contributed by atoms with E-state index in [0.29, 0.717) is 12.2 Å². The molecular formula is C18H21BrO. The molecule has 0 saturated heterocycles. The molecule has 1 aromatic rings. The van der Waals surface area contributed by atoms with Gasteiger partial charge >= 0.3 is 0 Å². The number of Topliss-reactive ketones (excluding diaryl/α,β-unsaturated/α-hetero) is 1. The predicted molar refractivity (Wildman–Crippen MR) is 83.5 cm³/mol. The minimum atomic E-state index is 0.0457. The summed E-state index contributed by atoms with van der Waals surface area (Å²) in [5.74, 6) is 3.07. The molecule has 0 unspecified atom stereocenters. The molecule has 1 nitrogen and oxygen atoms in total. The zero-order chi connectivity index (χ0) is 13.7. The molecule has 0 aromatic heterocycles. The van der Waals surface area contributed by atoms with Gasteiger partial charge in [-0.3, -0.25) is 4.79 Å². The maximum atomic E-state index is 13.0. The lowest BCUT2D eigenvalue weighted by molar-refractivity contribution is -0.143. The molecule has 0 atom stereocenters. The van der Waals surface area contributed by atoms with Gasteiger partial charge in [-0.2, -0.15) is 0 Å². The minimum Gasteiger partial charge on any atom is -0.299 e. The quantitative estimate of drug-likeness (QED) is 0.778. The van der Waals surface area contributed by atoms with E-state index in [1.54, 1.807) is 0 Å². The number of ketones is 1. The Balaban J connectivity index is 1.58. The van der Waals surface area contributed by atoms with Gasteiger partial charge in [-0.05, 0) is 67.9 Å². The number of rotatable bonds is 3. The summed E-state index contributed by atoms with van der Waals surface area (Å²) in [6.07, 6.45) is 8.38. The van der Waals surface area contributed by atoms with Crippen molar-refractivity contribution in [3.05, 3.63) is 34.3 Å². The standard InChI is InChI=1S/C18H21BrO/c19-16-4-2-1-3-15(16)8-17(20)18-9-12-5-13(10-18)7-14(6-12)11-18/h1-4,12-14H,5-11H2. The molecule has 4 saturated carbocycles. The Kier molecular flexibility index (Phi) is 3.06. The number of carbonyl (C=O) groups is 1. The summed E-state index contributed by atoms with van der Waals surface area (Å²) < 4.78 is 1.08. The predicted octanol–water partition coefficient (Wildman–Crippen LogP) is 4.78. The molecule has 4 aliphatic carbocycles. The maximum absolute atomic E-state index is 13.0. The molecule has 0 N–H and O–H groups in total. The molecule has 4 fully saturated rings. The summed E-state index contributed by atoms with van der Waals surface area (Å²) in [6.45, 7) is 0. The lowest BCUT2D eigenvalue weighted by Crippen LogP contribution is -2.50.